The molecule has 0 N–H and O–H groups in total. The first-order chi connectivity index (χ1) is 13.1. The molecule has 0 unspecified atom stereocenters. The van der Waals surface area contributed by atoms with Crippen molar-refractivity contribution in [2.45, 2.75) is 6.61 Å². The van der Waals surface area contributed by atoms with E-state index >= 15 is 0 Å². The summed E-state index contributed by atoms with van der Waals surface area (Å²) < 4.78 is 13.3. The zero-order valence-electron chi connectivity index (χ0n) is 15.0. The number of ether oxygens (including phenoxy) is 2. The molecule has 1 heterocycles. The van der Waals surface area contributed by atoms with Crippen LogP contribution in [0.5, 0.6) is 11.5 Å². The van der Waals surface area contributed by atoms with Crippen LogP contribution in [-0.2, 0) is 13.7 Å². The number of aromatic nitrogens is 1. The Kier molecular flexibility index (Phi) is 4.50. The van der Waals surface area contributed by atoms with Crippen LogP contribution in [0.25, 0.3) is 21.8 Å². The molecule has 1 aromatic heterocycles. The lowest BCUT2D eigenvalue weighted by molar-refractivity contribution is 0.309. The third-order valence-electron chi connectivity index (χ3n) is 4.67. The van der Waals surface area contributed by atoms with Gasteiger partial charge in [-0.2, -0.15) is 0 Å². The molecule has 5 heteroatoms. The Balaban J connectivity index is 1.93. The van der Waals surface area contributed by atoms with Crippen LogP contribution in [0.15, 0.2) is 65.5 Å². The average molecular weight is 380 g/mol. The molecule has 0 aliphatic rings. The lowest BCUT2D eigenvalue weighted by atomic mass is 10.2. The molecule has 0 aliphatic heterocycles. The van der Waals surface area contributed by atoms with Gasteiger partial charge in [0, 0.05) is 23.9 Å². The van der Waals surface area contributed by atoms with Gasteiger partial charge in [0.1, 0.15) is 18.1 Å². The van der Waals surface area contributed by atoms with Gasteiger partial charge in [0.15, 0.2) is 0 Å². The van der Waals surface area contributed by atoms with Crippen molar-refractivity contribution in [1.82, 2.24) is 4.57 Å². The fourth-order valence-electron chi connectivity index (χ4n) is 3.41. The van der Waals surface area contributed by atoms with Gasteiger partial charge in [-0.1, -0.05) is 54.1 Å². The normalized spacial score (nSPS) is 11.1. The smallest absolute Gasteiger partial charge is 0.204 e. The lowest BCUT2D eigenvalue weighted by Crippen LogP contribution is -2.02. The van der Waals surface area contributed by atoms with E-state index in [0.717, 1.165) is 27.6 Å². The molecule has 0 aliphatic carbocycles. The maximum Gasteiger partial charge on any atom is 0.204 e. The minimum atomic E-state index is -0.161. The quantitative estimate of drug-likeness (QED) is 0.504. The fraction of sp³-hybridized carbons (Fsp3) is 0.136. The maximum absolute atomic E-state index is 12.7. The molecule has 0 amide bonds. The Hall–Kier alpha value is -2.98. The van der Waals surface area contributed by atoms with Crippen molar-refractivity contribution < 1.29 is 9.47 Å². The van der Waals surface area contributed by atoms with E-state index in [0.29, 0.717) is 22.9 Å². The first kappa shape index (κ1) is 17.4. The van der Waals surface area contributed by atoms with Gasteiger partial charge >= 0.3 is 0 Å². The SMILES string of the molecule is COc1cc2c3cccc(OCc4ccccc4)c3n(C)c2c(=O)cc1Cl. The molecular formula is C22H18ClNO3. The molecule has 0 saturated carbocycles. The zero-order valence-corrected chi connectivity index (χ0v) is 15.8. The number of fused-ring (bicyclic) bond motifs is 3. The maximum atomic E-state index is 12.7. The number of hydrogen-bond donors (Lipinski definition) is 0. The highest BCUT2D eigenvalue weighted by molar-refractivity contribution is 6.32. The summed E-state index contributed by atoms with van der Waals surface area (Å²) in [5.41, 5.74) is 2.35. The number of nitrogens with zero attached hydrogens (tertiary/aromatic N) is 1. The third kappa shape index (κ3) is 3.02. The second kappa shape index (κ2) is 6.97. The summed E-state index contributed by atoms with van der Waals surface area (Å²) in [6, 6.07) is 19.0. The van der Waals surface area contributed by atoms with Gasteiger partial charge in [0.05, 0.1) is 23.2 Å². The first-order valence-corrected chi connectivity index (χ1v) is 8.93. The minimum absolute atomic E-state index is 0.161. The van der Waals surface area contributed by atoms with E-state index in [1.807, 2.05) is 66.2 Å². The second-order valence-electron chi connectivity index (χ2n) is 6.32. The van der Waals surface area contributed by atoms with Crippen molar-refractivity contribution in [1.29, 1.82) is 0 Å². The van der Waals surface area contributed by atoms with Crippen molar-refractivity contribution in [2.75, 3.05) is 7.11 Å². The lowest BCUT2D eigenvalue weighted by Gasteiger charge is -2.09. The standard InChI is InChI=1S/C22H18ClNO3/c1-24-21-16(11-20(26-2)17(23)12-18(21)25)15-9-6-10-19(22(15)24)27-13-14-7-4-3-5-8-14/h3-12H,13H2,1-2H3. The van der Waals surface area contributed by atoms with Gasteiger partial charge in [-0.15, -0.1) is 0 Å². The Morgan fingerprint density at radius 3 is 2.44 bits per heavy atom. The molecule has 0 bridgehead atoms. The molecule has 0 atom stereocenters. The Morgan fingerprint density at radius 1 is 0.926 bits per heavy atom. The fourth-order valence-corrected chi connectivity index (χ4v) is 3.64. The molecule has 27 heavy (non-hydrogen) atoms. The van der Waals surface area contributed by atoms with Crippen LogP contribution >= 0.6 is 11.6 Å². The number of aryl methyl sites for hydroxylation is 1. The first-order valence-electron chi connectivity index (χ1n) is 8.56. The van der Waals surface area contributed by atoms with Gasteiger partial charge in [-0.25, -0.2) is 0 Å². The third-order valence-corrected chi connectivity index (χ3v) is 4.97. The molecule has 0 fully saturated rings. The highest BCUT2D eigenvalue weighted by Gasteiger charge is 2.16. The molecule has 4 aromatic rings. The summed E-state index contributed by atoms with van der Waals surface area (Å²) in [6.07, 6.45) is 0. The van der Waals surface area contributed by atoms with Crippen molar-refractivity contribution in [2.24, 2.45) is 7.05 Å². The van der Waals surface area contributed by atoms with Crippen LogP contribution in [0.4, 0.5) is 0 Å². The van der Waals surface area contributed by atoms with Crippen molar-refractivity contribution >= 4 is 33.4 Å². The van der Waals surface area contributed by atoms with Crippen molar-refractivity contribution in [3.05, 3.63) is 81.5 Å². The van der Waals surface area contributed by atoms with E-state index in [9.17, 15) is 4.79 Å². The van der Waals surface area contributed by atoms with E-state index in [1.54, 1.807) is 0 Å². The van der Waals surface area contributed by atoms with E-state index in [1.165, 1.54) is 13.2 Å². The van der Waals surface area contributed by atoms with E-state index in [2.05, 4.69) is 0 Å². The highest BCUT2D eigenvalue weighted by Crippen LogP contribution is 2.35. The molecule has 0 spiro atoms. The molecule has 0 saturated heterocycles. The van der Waals surface area contributed by atoms with Gasteiger partial charge in [0.25, 0.3) is 0 Å². The van der Waals surface area contributed by atoms with Crippen molar-refractivity contribution in [3.63, 3.8) is 0 Å². The molecule has 136 valence electrons. The predicted octanol–water partition coefficient (Wildman–Crippen LogP) is 4.93. The van der Waals surface area contributed by atoms with Crippen molar-refractivity contribution in [3.8, 4) is 11.5 Å². The number of rotatable bonds is 4. The summed E-state index contributed by atoms with van der Waals surface area (Å²) in [6.45, 7) is 0.453. The van der Waals surface area contributed by atoms with Crippen LogP contribution < -0.4 is 14.9 Å². The average Bonchev–Trinajstić information content (AvgIpc) is 2.89. The number of para-hydroxylation sites is 1. The molecule has 0 radical (unpaired) electrons. The van der Waals surface area contributed by atoms with Crippen LogP contribution in [0.1, 0.15) is 5.56 Å². The number of methoxy groups -OCH3 is 1. The Bertz CT molecular complexity index is 1200. The molecule has 4 nitrogen and oxygen atoms in total. The largest absolute Gasteiger partial charge is 0.495 e. The van der Waals surface area contributed by atoms with Crippen LogP contribution in [-0.4, -0.2) is 11.7 Å². The van der Waals surface area contributed by atoms with E-state index in [4.69, 9.17) is 21.1 Å². The summed E-state index contributed by atoms with van der Waals surface area (Å²) >= 11 is 6.19. The molecule has 3 aromatic carbocycles. The minimum Gasteiger partial charge on any atom is -0.495 e. The summed E-state index contributed by atoms with van der Waals surface area (Å²) in [7, 11) is 3.40. The predicted molar refractivity (Wildman–Crippen MR) is 109 cm³/mol. The van der Waals surface area contributed by atoms with Gasteiger partial charge < -0.3 is 14.0 Å². The number of benzene rings is 2. The summed E-state index contributed by atoms with van der Waals surface area (Å²) in [4.78, 5) is 12.7. The molecular weight excluding hydrogens is 362 g/mol. The monoisotopic (exact) mass is 379 g/mol. The Labute approximate surface area is 161 Å². The summed E-state index contributed by atoms with van der Waals surface area (Å²) in [5, 5.41) is 2.00. The van der Waals surface area contributed by atoms with Crippen LogP contribution in [0, 0.1) is 0 Å². The number of hydrogen-bond acceptors (Lipinski definition) is 3. The zero-order chi connectivity index (χ0) is 19.0. The topological polar surface area (TPSA) is 40.5 Å². The highest BCUT2D eigenvalue weighted by atomic mass is 35.5. The van der Waals surface area contributed by atoms with Gasteiger partial charge in [-0.3, -0.25) is 4.79 Å². The van der Waals surface area contributed by atoms with Crippen LogP contribution in [0.2, 0.25) is 5.02 Å². The van der Waals surface area contributed by atoms with Crippen LogP contribution in [0.3, 0.4) is 0 Å². The van der Waals surface area contributed by atoms with E-state index in [-0.39, 0.29) is 5.43 Å². The van der Waals surface area contributed by atoms with Gasteiger partial charge in [0.2, 0.25) is 5.43 Å². The second-order valence-corrected chi connectivity index (χ2v) is 6.72. The number of halogens is 1. The van der Waals surface area contributed by atoms with Gasteiger partial charge in [-0.05, 0) is 17.7 Å². The molecule has 4 rings (SSSR count). The summed E-state index contributed by atoms with van der Waals surface area (Å²) in [5.74, 6) is 1.19. The van der Waals surface area contributed by atoms with E-state index < -0.39 is 0 Å². The Morgan fingerprint density at radius 2 is 1.70 bits per heavy atom.